The molecule has 124 valence electrons. The first-order chi connectivity index (χ1) is 11.0. The van der Waals surface area contributed by atoms with Crippen LogP contribution in [0, 0.1) is 0 Å². The Labute approximate surface area is 135 Å². The van der Waals surface area contributed by atoms with Gasteiger partial charge in [0, 0.05) is 5.56 Å². The lowest BCUT2D eigenvalue weighted by Crippen LogP contribution is -2.49. The fourth-order valence-electron chi connectivity index (χ4n) is 2.49. The molecule has 1 aromatic carbocycles. The first-order valence-electron chi connectivity index (χ1n) is 7.76. The molecule has 0 saturated heterocycles. The molecule has 1 heterocycles. The Balaban J connectivity index is 2.41. The standard InChI is InChI=1S/C17H21NO5/c1-4-8-22-17(21)13(5-2)18-14-9-12(11(3)19)6-7-15(14)23-10-16(18)20/h6-7,9,13H,4-5,8,10H2,1-3H3. The molecule has 6 nitrogen and oxygen atoms in total. The van der Waals surface area contributed by atoms with Gasteiger partial charge >= 0.3 is 5.97 Å². The summed E-state index contributed by atoms with van der Waals surface area (Å²) >= 11 is 0. The van der Waals surface area contributed by atoms with Crippen LogP contribution in [0.3, 0.4) is 0 Å². The van der Waals surface area contributed by atoms with Crippen LogP contribution >= 0.6 is 0 Å². The molecule has 1 amide bonds. The van der Waals surface area contributed by atoms with Crippen molar-refractivity contribution in [2.75, 3.05) is 18.1 Å². The molecule has 6 heteroatoms. The van der Waals surface area contributed by atoms with Crippen molar-refractivity contribution < 1.29 is 23.9 Å². The Kier molecular flexibility index (Phi) is 5.36. The number of nitrogens with zero attached hydrogens (tertiary/aromatic N) is 1. The quantitative estimate of drug-likeness (QED) is 0.594. The van der Waals surface area contributed by atoms with E-state index >= 15 is 0 Å². The SMILES string of the molecule is CCCOC(=O)C(CC)N1C(=O)COc2ccc(C(C)=O)cc21. The number of rotatable bonds is 6. The molecule has 1 atom stereocenters. The summed E-state index contributed by atoms with van der Waals surface area (Å²) in [5, 5.41) is 0. The fraction of sp³-hybridized carbons (Fsp3) is 0.471. The number of carbonyl (C=O) groups is 3. The third kappa shape index (κ3) is 3.52. The topological polar surface area (TPSA) is 72.9 Å². The van der Waals surface area contributed by atoms with Gasteiger partial charge in [0.1, 0.15) is 11.8 Å². The van der Waals surface area contributed by atoms with E-state index in [9.17, 15) is 14.4 Å². The van der Waals surface area contributed by atoms with Gasteiger partial charge in [0.05, 0.1) is 12.3 Å². The largest absolute Gasteiger partial charge is 0.482 e. The van der Waals surface area contributed by atoms with Gasteiger partial charge in [0.25, 0.3) is 5.91 Å². The lowest BCUT2D eigenvalue weighted by atomic mass is 10.1. The molecule has 0 aromatic heterocycles. The normalized spacial score (nSPS) is 14.7. The fourth-order valence-corrected chi connectivity index (χ4v) is 2.49. The highest BCUT2D eigenvalue weighted by Gasteiger charge is 2.36. The first kappa shape index (κ1) is 17.0. The van der Waals surface area contributed by atoms with Crippen LogP contribution in [0.2, 0.25) is 0 Å². The van der Waals surface area contributed by atoms with E-state index in [2.05, 4.69) is 0 Å². The number of hydrogen-bond donors (Lipinski definition) is 0. The molecule has 1 aliphatic heterocycles. The highest BCUT2D eigenvalue weighted by Crippen LogP contribution is 2.35. The average molecular weight is 319 g/mol. The number of ketones is 1. The van der Waals surface area contributed by atoms with Crippen molar-refractivity contribution in [3.8, 4) is 5.75 Å². The summed E-state index contributed by atoms with van der Waals surface area (Å²) in [4.78, 5) is 37.6. The highest BCUT2D eigenvalue weighted by atomic mass is 16.5. The minimum Gasteiger partial charge on any atom is -0.482 e. The number of hydrogen-bond acceptors (Lipinski definition) is 5. The van der Waals surface area contributed by atoms with Crippen LogP contribution in [0.5, 0.6) is 5.75 Å². The molecule has 0 radical (unpaired) electrons. The Morgan fingerprint density at radius 3 is 2.70 bits per heavy atom. The Hall–Kier alpha value is -2.37. The number of carbonyl (C=O) groups excluding carboxylic acids is 3. The van der Waals surface area contributed by atoms with Crippen LogP contribution in [-0.2, 0) is 14.3 Å². The van der Waals surface area contributed by atoms with E-state index in [1.807, 2.05) is 13.8 Å². The number of amides is 1. The number of anilines is 1. The molecule has 0 fully saturated rings. The van der Waals surface area contributed by atoms with Gasteiger partial charge in [-0.1, -0.05) is 13.8 Å². The monoisotopic (exact) mass is 319 g/mol. The van der Waals surface area contributed by atoms with Gasteiger partial charge in [0.2, 0.25) is 0 Å². The smallest absolute Gasteiger partial charge is 0.329 e. The maximum Gasteiger partial charge on any atom is 0.329 e. The molecule has 0 spiro atoms. The van der Waals surface area contributed by atoms with Gasteiger partial charge in [-0.15, -0.1) is 0 Å². The van der Waals surface area contributed by atoms with Crippen molar-refractivity contribution in [3.05, 3.63) is 23.8 Å². The lowest BCUT2D eigenvalue weighted by molar-refractivity contribution is -0.146. The van der Waals surface area contributed by atoms with E-state index in [0.29, 0.717) is 36.4 Å². The van der Waals surface area contributed by atoms with E-state index in [0.717, 1.165) is 0 Å². The second-order valence-corrected chi connectivity index (χ2v) is 5.38. The summed E-state index contributed by atoms with van der Waals surface area (Å²) in [5.74, 6) is -0.397. The Morgan fingerprint density at radius 2 is 2.09 bits per heavy atom. The van der Waals surface area contributed by atoms with Crippen LogP contribution in [0.25, 0.3) is 0 Å². The highest BCUT2D eigenvalue weighted by molar-refractivity contribution is 6.04. The van der Waals surface area contributed by atoms with Gasteiger partial charge in [0.15, 0.2) is 12.4 Å². The van der Waals surface area contributed by atoms with Crippen molar-refractivity contribution in [2.45, 2.75) is 39.7 Å². The van der Waals surface area contributed by atoms with E-state index in [1.165, 1.54) is 11.8 Å². The Morgan fingerprint density at radius 1 is 1.35 bits per heavy atom. The van der Waals surface area contributed by atoms with Crippen LogP contribution in [-0.4, -0.2) is 36.9 Å². The summed E-state index contributed by atoms with van der Waals surface area (Å²) < 4.78 is 10.6. The van der Waals surface area contributed by atoms with Gasteiger partial charge in [-0.05, 0) is 38.0 Å². The number of fused-ring (bicyclic) bond motifs is 1. The number of ether oxygens (including phenoxy) is 2. The second kappa shape index (κ2) is 7.26. The van der Waals surface area contributed by atoms with Gasteiger partial charge in [-0.2, -0.15) is 0 Å². The number of Topliss-reactive ketones (excluding diaryl/α,β-unsaturated/α-hetero) is 1. The lowest BCUT2D eigenvalue weighted by Gasteiger charge is -2.34. The van der Waals surface area contributed by atoms with E-state index in [4.69, 9.17) is 9.47 Å². The van der Waals surface area contributed by atoms with Crippen molar-refractivity contribution in [2.24, 2.45) is 0 Å². The summed E-state index contributed by atoms with van der Waals surface area (Å²) in [6.45, 7) is 5.35. The molecule has 1 aliphatic rings. The number of benzene rings is 1. The average Bonchev–Trinajstić information content (AvgIpc) is 2.54. The minimum atomic E-state index is -0.723. The molecular weight excluding hydrogens is 298 g/mol. The molecule has 0 saturated carbocycles. The van der Waals surface area contributed by atoms with Gasteiger partial charge < -0.3 is 9.47 Å². The van der Waals surface area contributed by atoms with Crippen LogP contribution < -0.4 is 9.64 Å². The molecular formula is C17H21NO5. The summed E-state index contributed by atoms with van der Waals surface area (Å²) in [6.07, 6.45) is 1.13. The summed E-state index contributed by atoms with van der Waals surface area (Å²) in [5.41, 5.74) is 0.901. The predicted octanol–water partition coefficient (Wildman–Crippen LogP) is 2.35. The molecule has 0 bridgehead atoms. The van der Waals surface area contributed by atoms with E-state index < -0.39 is 12.0 Å². The maximum absolute atomic E-state index is 12.3. The zero-order valence-corrected chi connectivity index (χ0v) is 13.6. The van der Waals surface area contributed by atoms with Crippen LogP contribution in [0.1, 0.15) is 44.0 Å². The predicted molar refractivity (Wildman–Crippen MR) is 84.8 cm³/mol. The zero-order chi connectivity index (χ0) is 17.0. The second-order valence-electron chi connectivity index (χ2n) is 5.38. The maximum atomic E-state index is 12.3. The van der Waals surface area contributed by atoms with E-state index in [1.54, 1.807) is 18.2 Å². The summed E-state index contributed by atoms with van der Waals surface area (Å²) in [6, 6.07) is 4.16. The van der Waals surface area contributed by atoms with E-state index in [-0.39, 0.29) is 18.3 Å². The summed E-state index contributed by atoms with van der Waals surface area (Å²) in [7, 11) is 0. The first-order valence-corrected chi connectivity index (χ1v) is 7.76. The molecule has 2 rings (SSSR count). The third-order valence-corrected chi connectivity index (χ3v) is 3.66. The zero-order valence-electron chi connectivity index (χ0n) is 13.6. The minimum absolute atomic E-state index is 0.118. The van der Waals surface area contributed by atoms with Crippen LogP contribution in [0.15, 0.2) is 18.2 Å². The van der Waals surface area contributed by atoms with Gasteiger partial charge in [-0.3, -0.25) is 14.5 Å². The van der Waals surface area contributed by atoms with Crippen molar-refractivity contribution in [1.82, 2.24) is 0 Å². The third-order valence-electron chi connectivity index (χ3n) is 3.66. The van der Waals surface area contributed by atoms with Crippen LogP contribution in [0.4, 0.5) is 5.69 Å². The molecule has 1 aromatic rings. The molecule has 23 heavy (non-hydrogen) atoms. The molecule has 0 N–H and O–H groups in total. The van der Waals surface area contributed by atoms with Gasteiger partial charge in [-0.25, -0.2) is 4.79 Å². The number of esters is 1. The Bertz CT molecular complexity index is 625. The van der Waals surface area contributed by atoms with Crippen molar-refractivity contribution in [3.63, 3.8) is 0 Å². The van der Waals surface area contributed by atoms with Crippen molar-refractivity contribution >= 4 is 23.3 Å². The molecule has 0 aliphatic carbocycles. The molecule has 1 unspecified atom stereocenters. The van der Waals surface area contributed by atoms with Crippen molar-refractivity contribution in [1.29, 1.82) is 0 Å².